The normalized spacial score (nSPS) is 11.1. The molecule has 2 heterocycles. The van der Waals surface area contributed by atoms with E-state index in [0.717, 1.165) is 11.1 Å². The Morgan fingerprint density at radius 1 is 1.10 bits per heavy atom. The van der Waals surface area contributed by atoms with Crippen LogP contribution in [0.3, 0.4) is 0 Å². The van der Waals surface area contributed by atoms with Gasteiger partial charge in [0.15, 0.2) is 5.76 Å². The Balaban J connectivity index is 1.51. The topological polar surface area (TPSA) is 80.4 Å². The monoisotopic (exact) mass is 402 g/mol. The summed E-state index contributed by atoms with van der Waals surface area (Å²) in [5.74, 6) is -0.115. The van der Waals surface area contributed by atoms with Crippen molar-refractivity contribution in [1.82, 2.24) is 14.5 Å². The number of amides is 2. The number of imidazole rings is 1. The van der Waals surface area contributed by atoms with E-state index in [0.29, 0.717) is 16.8 Å². The first-order chi connectivity index (χ1) is 14.4. The van der Waals surface area contributed by atoms with Crippen molar-refractivity contribution < 1.29 is 14.0 Å². The Labute approximate surface area is 173 Å². The molecule has 0 spiro atoms. The molecular weight excluding hydrogens is 380 g/mol. The van der Waals surface area contributed by atoms with E-state index in [4.69, 9.17) is 4.42 Å². The number of hydrogen-bond donors (Lipinski definition) is 1. The third kappa shape index (κ3) is 3.82. The molecule has 152 valence electrons. The summed E-state index contributed by atoms with van der Waals surface area (Å²) in [6, 6.07) is 14.3. The third-order valence-electron chi connectivity index (χ3n) is 5.01. The number of nitrogens with one attached hydrogen (secondary N) is 1. The molecule has 2 aromatic carbocycles. The van der Waals surface area contributed by atoms with Gasteiger partial charge in [0.2, 0.25) is 0 Å². The van der Waals surface area contributed by atoms with Crippen LogP contribution in [0.2, 0.25) is 0 Å². The van der Waals surface area contributed by atoms with Crippen molar-refractivity contribution in [3.05, 3.63) is 78.6 Å². The van der Waals surface area contributed by atoms with Crippen LogP contribution >= 0.6 is 0 Å². The van der Waals surface area contributed by atoms with Gasteiger partial charge in [-0.2, -0.15) is 0 Å². The Kier molecular flexibility index (Phi) is 5.10. The average molecular weight is 402 g/mol. The lowest BCUT2D eigenvalue weighted by molar-refractivity contribution is 0.0725. The molecular formula is C23H22N4O3. The zero-order valence-corrected chi connectivity index (χ0v) is 17.0. The van der Waals surface area contributed by atoms with Crippen LogP contribution in [0.1, 0.15) is 34.8 Å². The summed E-state index contributed by atoms with van der Waals surface area (Å²) in [4.78, 5) is 30.7. The molecule has 2 amide bonds. The molecule has 2 aromatic heterocycles. The van der Waals surface area contributed by atoms with Crippen molar-refractivity contribution in [2.75, 3.05) is 12.4 Å². The number of furan rings is 1. The molecule has 0 atom stereocenters. The molecule has 0 radical (unpaired) electrons. The smallest absolute Gasteiger partial charge is 0.289 e. The van der Waals surface area contributed by atoms with Gasteiger partial charge in [-0.25, -0.2) is 4.98 Å². The lowest BCUT2D eigenvalue weighted by Gasteiger charge is -2.19. The Hall–Kier alpha value is -3.87. The predicted molar refractivity (Wildman–Crippen MR) is 115 cm³/mol. The molecule has 0 aliphatic heterocycles. The number of carbonyl (C=O) groups excluding carboxylic acids is 2. The number of hydrogen-bond acceptors (Lipinski definition) is 4. The summed E-state index contributed by atoms with van der Waals surface area (Å²) in [5.41, 5.74) is 2.69. The van der Waals surface area contributed by atoms with Crippen molar-refractivity contribution in [1.29, 1.82) is 0 Å². The summed E-state index contributed by atoms with van der Waals surface area (Å²) >= 11 is 0. The van der Waals surface area contributed by atoms with Crippen LogP contribution in [0.5, 0.6) is 0 Å². The van der Waals surface area contributed by atoms with E-state index in [1.54, 1.807) is 60.9 Å². The second kappa shape index (κ2) is 7.87. The minimum Gasteiger partial charge on any atom is -0.451 e. The van der Waals surface area contributed by atoms with Crippen LogP contribution in [0.15, 0.2) is 71.7 Å². The highest BCUT2D eigenvalue weighted by molar-refractivity contribution is 6.05. The van der Waals surface area contributed by atoms with E-state index in [2.05, 4.69) is 10.3 Å². The molecule has 4 aromatic rings. The number of fused-ring (bicyclic) bond motifs is 1. The molecule has 30 heavy (non-hydrogen) atoms. The van der Waals surface area contributed by atoms with Gasteiger partial charge < -0.3 is 19.2 Å². The lowest BCUT2D eigenvalue weighted by atomic mass is 10.1. The Morgan fingerprint density at radius 2 is 1.87 bits per heavy atom. The van der Waals surface area contributed by atoms with Crippen LogP contribution < -0.4 is 5.32 Å². The minimum atomic E-state index is -0.217. The van der Waals surface area contributed by atoms with E-state index in [1.165, 1.54) is 0 Å². The van der Waals surface area contributed by atoms with Crippen LogP contribution in [0.25, 0.3) is 16.7 Å². The molecule has 7 nitrogen and oxygen atoms in total. The molecule has 0 unspecified atom stereocenters. The fraction of sp³-hybridized carbons (Fsp3) is 0.174. The second-order valence-corrected chi connectivity index (χ2v) is 7.34. The minimum absolute atomic E-state index is 0.0701. The Morgan fingerprint density at radius 3 is 2.53 bits per heavy atom. The SMILES string of the molecule is CC(C)N(C)C(=O)c1cc2cc(NC(=O)c3ccc(-n4ccnc4)cc3)ccc2o1. The largest absolute Gasteiger partial charge is 0.451 e. The van der Waals surface area contributed by atoms with Crippen LogP contribution in [-0.2, 0) is 0 Å². The zero-order valence-electron chi connectivity index (χ0n) is 17.0. The highest BCUT2D eigenvalue weighted by atomic mass is 16.3. The standard InChI is InChI=1S/C23H22N4O3/c1-15(2)26(3)23(29)21-13-17-12-18(6-9-20(17)30-21)25-22(28)16-4-7-19(8-5-16)27-11-10-24-14-27/h4-15H,1-3H3,(H,25,28). The molecule has 0 fully saturated rings. The van der Waals surface area contributed by atoms with E-state index < -0.39 is 0 Å². The maximum absolute atomic E-state index is 12.6. The predicted octanol–water partition coefficient (Wildman–Crippen LogP) is 4.35. The van der Waals surface area contributed by atoms with E-state index in [9.17, 15) is 9.59 Å². The van der Waals surface area contributed by atoms with Gasteiger partial charge in [-0.1, -0.05) is 0 Å². The molecule has 0 aliphatic carbocycles. The number of anilines is 1. The van der Waals surface area contributed by atoms with Gasteiger partial charge in [-0.15, -0.1) is 0 Å². The van der Waals surface area contributed by atoms with Gasteiger partial charge in [0.25, 0.3) is 11.8 Å². The maximum Gasteiger partial charge on any atom is 0.289 e. The molecule has 7 heteroatoms. The van der Waals surface area contributed by atoms with Crippen LogP contribution in [0, 0.1) is 0 Å². The van der Waals surface area contributed by atoms with E-state index in [-0.39, 0.29) is 23.6 Å². The highest BCUT2D eigenvalue weighted by Crippen LogP contribution is 2.24. The van der Waals surface area contributed by atoms with Crippen molar-refractivity contribution in [2.45, 2.75) is 19.9 Å². The van der Waals surface area contributed by atoms with Crippen molar-refractivity contribution in [3.8, 4) is 5.69 Å². The first-order valence-electron chi connectivity index (χ1n) is 9.63. The fourth-order valence-electron chi connectivity index (χ4n) is 3.03. The lowest BCUT2D eigenvalue weighted by Crippen LogP contribution is -2.32. The highest BCUT2D eigenvalue weighted by Gasteiger charge is 2.19. The van der Waals surface area contributed by atoms with E-state index >= 15 is 0 Å². The summed E-state index contributed by atoms with van der Waals surface area (Å²) in [5, 5.41) is 3.64. The van der Waals surface area contributed by atoms with E-state index in [1.807, 2.05) is 36.7 Å². The zero-order chi connectivity index (χ0) is 21.3. The van der Waals surface area contributed by atoms with Gasteiger partial charge in [0, 0.05) is 47.8 Å². The number of carbonyl (C=O) groups is 2. The van der Waals surface area contributed by atoms with Gasteiger partial charge in [-0.05, 0) is 62.4 Å². The summed E-state index contributed by atoms with van der Waals surface area (Å²) in [6.07, 6.45) is 5.24. The number of nitrogens with zero attached hydrogens (tertiary/aromatic N) is 3. The van der Waals surface area contributed by atoms with Gasteiger partial charge in [0.05, 0.1) is 6.33 Å². The first kappa shape index (κ1) is 19.4. The Bertz CT molecular complexity index is 1190. The molecule has 4 rings (SSSR count). The first-order valence-corrected chi connectivity index (χ1v) is 9.63. The van der Waals surface area contributed by atoms with Gasteiger partial charge in [0.1, 0.15) is 5.58 Å². The van der Waals surface area contributed by atoms with Gasteiger partial charge >= 0.3 is 0 Å². The molecule has 1 N–H and O–H groups in total. The van der Waals surface area contributed by atoms with Crippen molar-refractivity contribution >= 4 is 28.5 Å². The summed E-state index contributed by atoms with van der Waals surface area (Å²) in [7, 11) is 1.74. The quantitative estimate of drug-likeness (QED) is 0.538. The number of aromatic nitrogens is 2. The van der Waals surface area contributed by atoms with Crippen LogP contribution in [-0.4, -0.2) is 39.4 Å². The van der Waals surface area contributed by atoms with Crippen molar-refractivity contribution in [2.24, 2.45) is 0 Å². The fourth-order valence-corrected chi connectivity index (χ4v) is 3.03. The number of benzene rings is 2. The van der Waals surface area contributed by atoms with Crippen LogP contribution in [0.4, 0.5) is 5.69 Å². The molecule has 0 saturated carbocycles. The summed E-state index contributed by atoms with van der Waals surface area (Å²) in [6.45, 7) is 3.88. The van der Waals surface area contributed by atoms with Crippen molar-refractivity contribution in [3.63, 3.8) is 0 Å². The molecule has 0 aliphatic rings. The average Bonchev–Trinajstić information content (AvgIpc) is 3.42. The third-order valence-corrected chi connectivity index (χ3v) is 5.01. The molecule has 0 bridgehead atoms. The van der Waals surface area contributed by atoms with Gasteiger partial charge in [-0.3, -0.25) is 9.59 Å². The number of rotatable bonds is 5. The second-order valence-electron chi connectivity index (χ2n) is 7.34. The molecule has 0 saturated heterocycles. The summed E-state index contributed by atoms with van der Waals surface area (Å²) < 4.78 is 7.55. The maximum atomic E-state index is 12.6.